The first-order valence-electron chi connectivity index (χ1n) is 7.66. The predicted octanol–water partition coefficient (Wildman–Crippen LogP) is 2.96. The monoisotopic (exact) mass is 312 g/mol. The van der Waals surface area contributed by atoms with Crippen LogP contribution < -0.4 is 15.4 Å². The summed E-state index contributed by atoms with van der Waals surface area (Å²) < 4.78 is 10.7. The van der Waals surface area contributed by atoms with E-state index < -0.39 is 0 Å². The second-order valence-electron chi connectivity index (χ2n) is 5.36. The zero-order valence-electron chi connectivity index (χ0n) is 13.0. The lowest BCUT2D eigenvalue weighted by molar-refractivity contribution is 0.0935. The van der Waals surface area contributed by atoms with E-state index in [1.165, 1.54) is 0 Å². The fraction of sp³-hybridized carbons (Fsp3) is 0.278. The molecule has 0 saturated heterocycles. The third kappa shape index (κ3) is 3.63. The lowest BCUT2D eigenvalue weighted by Crippen LogP contribution is -2.38. The second-order valence-corrected chi connectivity index (χ2v) is 5.36. The molecule has 0 spiro atoms. The van der Waals surface area contributed by atoms with Crippen LogP contribution in [-0.2, 0) is 4.74 Å². The molecule has 0 aliphatic carbocycles. The average molecular weight is 312 g/mol. The number of rotatable bonds is 6. The highest BCUT2D eigenvalue weighted by Gasteiger charge is 2.24. The molecule has 0 saturated carbocycles. The Balaban J connectivity index is 1.71. The first kappa shape index (κ1) is 15.4. The Labute approximate surface area is 135 Å². The van der Waals surface area contributed by atoms with Crippen molar-refractivity contribution in [1.82, 2.24) is 5.32 Å². The number of carbonyl (C=O) groups is 1. The van der Waals surface area contributed by atoms with Gasteiger partial charge in [-0.1, -0.05) is 24.3 Å². The highest BCUT2D eigenvalue weighted by atomic mass is 16.5. The van der Waals surface area contributed by atoms with Crippen LogP contribution in [0, 0.1) is 0 Å². The van der Waals surface area contributed by atoms with E-state index in [1.54, 1.807) is 7.11 Å². The fourth-order valence-corrected chi connectivity index (χ4v) is 2.55. The first-order valence-corrected chi connectivity index (χ1v) is 7.66. The number of para-hydroxylation sites is 1. The normalized spacial score (nSPS) is 16.2. The minimum Gasteiger partial charge on any atom is -0.493 e. The van der Waals surface area contributed by atoms with Crippen molar-refractivity contribution in [1.29, 1.82) is 0 Å². The Hall–Kier alpha value is -2.53. The van der Waals surface area contributed by atoms with Gasteiger partial charge in [-0.3, -0.25) is 4.79 Å². The molecule has 1 aliphatic rings. The van der Waals surface area contributed by atoms with Crippen molar-refractivity contribution in [2.75, 3.05) is 25.6 Å². The zero-order valence-corrected chi connectivity index (χ0v) is 13.0. The Morgan fingerprint density at radius 3 is 2.78 bits per heavy atom. The van der Waals surface area contributed by atoms with Crippen LogP contribution in [0.5, 0.6) is 5.75 Å². The van der Waals surface area contributed by atoms with Crippen LogP contribution >= 0.6 is 0 Å². The molecule has 0 radical (unpaired) electrons. The molecule has 2 N–H and O–H groups in total. The van der Waals surface area contributed by atoms with Gasteiger partial charge < -0.3 is 20.1 Å². The number of benzene rings is 2. The maximum absolute atomic E-state index is 12.2. The minimum absolute atomic E-state index is 0.0734. The van der Waals surface area contributed by atoms with E-state index in [-0.39, 0.29) is 12.1 Å². The van der Waals surface area contributed by atoms with Crippen LogP contribution in [0.25, 0.3) is 0 Å². The van der Waals surface area contributed by atoms with Crippen molar-refractivity contribution in [2.24, 2.45) is 0 Å². The minimum atomic E-state index is -0.264. The van der Waals surface area contributed by atoms with Gasteiger partial charge >= 0.3 is 0 Å². The highest BCUT2D eigenvalue weighted by molar-refractivity contribution is 6.01. The number of ether oxygens (including phenoxy) is 2. The molecule has 5 nitrogen and oxygen atoms in total. The fourth-order valence-electron chi connectivity index (χ4n) is 2.55. The lowest BCUT2D eigenvalue weighted by Gasteiger charge is -2.28. The van der Waals surface area contributed by atoms with E-state index in [9.17, 15) is 4.79 Å². The molecule has 2 aromatic carbocycles. The van der Waals surface area contributed by atoms with Crippen LogP contribution in [0.3, 0.4) is 0 Å². The quantitative estimate of drug-likeness (QED) is 0.805. The van der Waals surface area contributed by atoms with Crippen molar-refractivity contribution in [2.45, 2.75) is 12.6 Å². The van der Waals surface area contributed by atoms with Crippen molar-refractivity contribution >= 4 is 11.6 Å². The van der Waals surface area contributed by atoms with Crippen molar-refractivity contribution in [3.8, 4) is 5.75 Å². The summed E-state index contributed by atoms with van der Waals surface area (Å²) in [4.78, 5) is 12.2. The molecule has 0 unspecified atom stereocenters. The number of carbonyl (C=O) groups excluding carboxylic acids is 1. The van der Waals surface area contributed by atoms with Gasteiger partial charge in [0.2, 0.25) is 0 Å². The summed E-state index contributed by atoms with van der Waals surface area (Å²) in [6.07, 6.45) is 0.576. The van der Waals surface area contributed by atoms with E-state index in [4.69, 9.17) is 9.47 Å². The van der Waals surface area contributed by atoms with Crippen molar-refractivity contribution < 1.29 is 14.3 Å². The lowest BCUT2D eigenvalue weighted by atomic mass is 10.1. The van der Waals surface area contributed by atoms with Crippen molar-refractivity contribution in [3.05, 3.63) is 59.7 Å². The molecule has 23 heavy (non-hydrogen) atoms. The maximum Gasteiger partial charge on any atom is 0.255 e. The molecule has 3 rings (SSSR count). The molecular weight excluding hydrogens is 292 g/mol. The highest BCUT2D eigenvalue weighted by Crippen LogP contribution is 2.27. The third-order valence-corrected chi connectivity index (χ3v) is 3.70. The molecule has 2 aromatic rings. The van der Waals surface area contributed by atoms with Gasteiger partial charge in [-0.15, -0.1) is 0 Å². The maximum atomic E-state index is 12.2. The molecule has 0 bridgehead atoms. The summed E-state index contributed by atoms with van der Waals surface area (Å²) in [5.41, 5.74) is 2.46. The van der Waals surface area contributed by atoms with Crippen LogP contribution in [0.1, 0.15) is 28.5 Å². The summed E-state index contributed by atoms with van der Waals surface area (Å²) >= 11 is 0. The summed E-state index contributed by atoms with van der Waals surface area (Å²) in [5.74, 6) is 0.712. The molecule has 1 aliphatic heterocycles. The van der Waals surface area contributed by atoms with Gasteiger partial charge in [-0.05, 0) is 29.8 Å². The van der Waals surface area contributed by atoms with E-state index in [1.807, 2.05) is 48.5 Å². The van der Waals surface area contributed by atoms with Crippen LogP contribution in [-0.4, -0.2) is 26.2 Å². The summed E-state index contributed by atoms with van der Waals surface area (Å²) in [7, 11) is 1.68. The van der Waals surface area contributed by atoms with Gasteiger partial charge in [0.25, 0.3) is 5.91 Å². The van der Waals surface area contributed by atoms with Gasteiger partial charge in [-0.25, -0.2) is 0 Å². The molecule has 1 heterocycles. The molecule has 0 fully saturated rings. The Morgan fingerprint density at radius 1 is 1.04 bits per heavy atom. The number of anilines is 1. The standard InChI is InChI=1S/C18H20N2O3/c1-22-10-5-11-23-14-7-4-6-13(12-14)17-19-16-9-3-2-8-15(16)18(21)20-17/h2-4,6-9,12,17,19H,5,10-11H2,1H3,(H,20,21)/t17-/m1/s1. The van der Waals surface area contributed by atoms with Crippen LogP contribution in [0.4, 0.5) is 5.69 Å². The SMILES string of the molecule is COCCCOc1cccc([C@H]2NC(=O)c3ccccc3N2)c1. The molecule has 1 atom stereocenters. The van der Waals surface area contributed by atoms with E-state index in [0.717, 1.165) is 23.4 Å². The van der Waals surface area contributed by atoms with Gasteiger partial charge in [-0.2, -0.15) is 0 Å². The largest absolute Gasteiger partial charge is 0.493 e. The van der Waals surface area contributed by atoms with E-state index >= 15 is 0 Å². The Bertz CT molecular complexity index is 687. The predicted molar refractivity (Wildman–Crippen MR) is 88.7 cm³/mol. The van der Waals surface area contributed by atoms with Crippen molar-refractivity contribution in [3.63, 3.8) is 0 Å². The number of nitrogens with one attached hydrogen (secondary N) is 2. The summed E-state index contributed by atoms with van der Waals surface area (Å²) in [6, 6.07) is 15.2. The van der Waals surface area contributed by atoms with Crippen LogP contribution in [0.2, 0.25) is 0 Å². The molecular formula is C18H20N2O3. The smallest absolute Gasteiger partial charge is 0.255 e. The van der Waals surface area contributed by atoms with Gasteiger partial charge in [0.1, 0.15) is 11.9 Å². The van der Waals surface area contributed by atoms with Gasteiger partial charge in [0.15, 0.2) is 0 Å². The number of fused-ring (bicyclic) bond motifs is 1. The zero-order chi connectivity index (χ0) is 16.1. The van der Waals surface area contributed by atoms with E-state index in [2.05, 4.69) is 10.6 Å². The average Bonchev–Trinajstić information content (AvgIpc) is 2.59. The number of hydrogen-bond acceptors (Lipinski definition) is 4. The first-order chi connectivity index (χ1) is 11.3. The second kappa shape index (κ2) is 7.15. The number of hydrogen-bond donors (Lipinski definition) is 2. The third-order valence-electron chi connectivity index (χ3n) is 3.70. The Morgan fingerprint density at radius 2 is 1.91 bits per heavy atom. The summed E-state index contributed by atoms with van der Waals surface area (Å²) in [5, 5.41) is 6.31. The summed E-state index contributed by atoms with van der Waals surface area (Å²) in [6.45, 7) is 1.28. The topological polar surface area (TPSA) is 59.6 Å². The number of amides is 1. The Kier molecular flexibility index (Phi) is 4.78. The number of methoxy groups -OCH3 is 1. The van der Waals surface area contributed by atoms with Crippen LogP contribution in [0.15, 0.2) is 48.5 Å². The molecule has 1 amide bonds. The molecule has 120 valence electrons. The molecule has 5 heteroatoms. The molecule has 0 aromatic heterocycles. The van der Waals surface area contributed by atoms with Gasteiger partial charge in [0, 0.05) is 25.8 Å². The van der Waals surface area contributed by atoms with E-state index in [0.29, 0.717) is 18.8 Å². The van der Waals surface area contributed by atoms with Gasteiger partial charge in [0.05, 0.1) is 12.2 Å².